The predicted molar refractivity (Wildman–Crippen MR) is 81.3 cm³/mol. The van der Waals surface area contributed by atoms with E-state index in [9.17, 15) is 9.90 Å². The predicted octanol–water partition coefficient (Wildman–Crippen LogP) is 2.32. The second kappa shape index (κ2) is 6.91. The molecular weight excluding hydrogens is 308 g/mol. The Morgan fingerprint density at radius 2 is 2.11 bits per heavy atom. The van der Waals surface area contributed by atoms with E-state index in [0.717, 1.165) is 15.7 Å². The summed E-state index contributed by atoms with van der Waals surface area (Å²) in [6.45, 7) is 4.26. The van der Waals surface area contributed by atoms with Crippen molar-refractivity contribution in [2.45, 2.75) is 20.0 Å². The number of carbonyl (C=O) groups excluding carboxylic acids is 1. The van der Waals surface area contributed by atoms with Crippen LogP contribution in [0, 0.1) is 5.92 Å². The smallest absolute Gasteiger partial charge is 0.224 e. The highest BCUT2D eigenvalue weighted by Gasteiger charge is 2.16. The molecule has 2 atom stereocenters. The maximum absolute atomic E-state index is 11.5. The maximum atomic E-state index is 11.5. The third-order valence-electron chi connectivity index (χ3n) is 3.11. The molecule has 1 unspecified atom stereocenters. The highest BCUT2D eigenvalue weighted by atomic mass is 79.9. The summed E-state index contributed by atoms with van der Waals surface area (Å²) in [4.78, 5) is 13.5. The highest BCUT2D eigenvalue weighted by Crippen LogP contribution is 2.29. The first-order chi connectivity index (χ1) is 8.86. The minimum absolute atomic E-state index is 0.0311. The Kier molecular flexibility index (Phi) is 5.82. The topological polar surface area (TPSA) is 52.6 Å². The lowest BCUT2D eigenvalue weighted by molar-refractivity contribution is -0.123. The number of halogens is 1. The van der Waals surface area contributed by atoms with Gasteiger partial charge < -0.3 is 15.3 Å². The summed E-state index contributed by atoms with van der Waals surface area (Å²) in [5.41, 5.74) is 1.86. The average Bonchev–Trinajstić information content (AvgIpc) is 2.37. The minimum Gasteiger partial charge on any atom is -0.389 e. The number of nitrogens with one attached hydrogen (secondary N) is 1. The van der Waals surface area contributed by atoms with Gasteiger partial charge in [0.2, 0.25) is 5.91 Å². The van der Waals surface area contributed by atoms with Crippen molar-refractivity contribution in [3.05, 3.63) is 28.2 Å². The second-order valence-electron chi connectivity index (χ2n) is 4.78. The lowest BCUT2D eigenvalue weighted by Gasteiger charge is -2.24. The van der Waals surface area contributed by atoms with Gasteiger partial charge in [-0.3, -0.25) is 4.79 Å². The summed E-state index contributed by atoms with van der Waals surface area (Å²) in [5, 5.41) is 12.2. The van der Waals surface area contributed by atoms with Gasteiger partial charge in [0.05, 0.1) is 17.7 Å². The van der Waals surface area contributed by atoms with Crippen LogP contribution in [0.1, 0.15) is 25.5 Å². The summed E-state index contributed by atoms with van der Waals surface area (Å²) in [6, 6.07) is 5.75. The Hall–Kier alpha value is -1.07. The van der Waals surface area contributed by atoms with E-state index in [1.165, 1.54) is 0 Å². The molecule has 2 N–H and O–H groups in total. The molecule has 0 aliphatic rings. The van der Waals surface area contributed by atoms with Crippen molar-refractivity contribution < 1.29 is 9.90 Å². The molecule has 0 saturated carbocycles. The number of hydrogen-bond acceptors (Lipinski definition) is 3. The second-order valence-corrected chi connectivity index (χ2v) is 5.64. The molecular formula is C14H21BrN2O2. The standard InChI is InChI=1S/C14H21BrN2O2/c1-9(14(19)16-3)8-17(4)13-6-5-11(10(2)18)7-12(13)15/h5-7,9-10,18H,8H2,1-4H3,(H,16,19)/t9?,10-/m0/s1. The zero-order valence-corrected chi connectivity index (χ0v) is 13.4. The van der Waals surface area contributed by atoms with Gasteiger partial charge in [-0.25, -0.2) is 0 Å². The monoisotopic (exact) mass is 328 g/mol. The summed E-state index contributed by atoms with van der Waals surface area (Å²) < 4.78 is 0.914. The number of hydrogen-bond donors (Lipinski definition) is 2. The van der Waals surface area contributed by atoms with Crippen molar-refractivity contribution in [1.82, 2.24) is 5.32 Å². The fourth-order valence-corrected chi connectivity index (χ4v) is 2.63. The molecule has 1 aromatic carbocycles. The SMILES string of the molecule is CNC(=O)C(C)CN(C)c1ccc([C@H](C)O)cc1Br. The van der Waals surface area contributed by atoms with E-state index in [2.05, 4.69) is 21.2 Å². The van der Waals surface area contributed by atoms with Crippen LogP contribution in [-0.4, -0.2) is 31.7 Å². The van der Waals surface area contributed by atoms with E-state index in [4.69, 9.17) is 0 Å². The first-order valence-corrected chi connectivity index (χ1v) is 7.06. The van der Waals surface area contributed by atoms with E-state index in [-0.39, 0.29) is 11.8 Å². The molecule has 0 saturated heterocycles. The van der Waals surface area contributed by atoms with Crippen LogP contribution >= 0.6 is 15.9 Å². The molecule has 0 heterocycles. The zero-order valence-electron chi connectivity index (χ0n) is 11.8. The van der Waals surface area contributed by atoms with E-state index < -0.39 is 6.10 Å². The molecule has 0 aromatic heterocycles. The van der Waals surface area contributed by atoms with Crippen LogP contribution in [0.4, 0.5) is 5.69 Å². The average molecular weight is 329 g/mol. The minimum atomic E-state index is -0.486. The van der Waals surface area contributed by atoms with Crippen molar-refractivity contribution in [1.29, 1.82) is 0 Å². The normalized spacial score (nSPS) is 13.8. The van der Waals surface area contributed by atoms with Gasteiger partial charge in [-0.1, -0.05) is 13.0 Å². The number of nitrogens with zero attached hydrogens (tertiary/aromatic N) is 1. The molecule has 0 bridgehead atoms. The summed E-state index contributed by atoms with van der Waals surface area (Å²) in [6.07, 6.45) is -0.486. The molecule has 0 radical (unpaired) electrons. The summed E-state index contributed by atoms with van der Waals surface area (Å²) >= 11 is 3.51. The first kappa shape index (κ1) is 16.0. The number of amides is 1. The van der Waals surface area contributed by atoms with Crippen molar-refractivity contribution >= 4 is 27.5 Å². The highest BCUT2D eigenvalue weighted by molar-refractivity contribution is 9.10. The molecule has 19 heavy (non-hydrogen) atoms. The van der Waals surface area contributed by atoms with Crippen LogP contribution in [0.5, 0.6) is 0 Å². The molecule has 0 fully saturated rings. The van der Waals surface area contributed by atoms with Gasteiger partial charge in [0.15, 0.2) is 0 Å². The zero-order chi connectivity index (χ0) is 14.6. The van der Waals surface area contributed by atoms with E-state index in [0.29, 0.717) is 6.54 Å². The largest absolute Gasteiger partial charge is 0.389 e. The first-order valence-electron chi connectivity index (χ1n) is 6.27. The van der Waals surface area contributed by atoms with Crippen LogP contribution in [-0.2, 0) is 4.79 Å². The number of aliphatic hydroxyl groups excluding tert-OH is 1. The third kappa shape index (κ3) is 4.21. The Balaban J connectivity index is 2.83. The number of anilines is 1. The van der Waals surface area contributed by atoms with Gasteiger partial charge in [-0.2, -0.15) is 0 Å². The Labute approximate surface area is 122 Å². The van der Waals surface area contributed by atoms with Gasteiger partial charge in [0, 0.05) is 25.1 Å². The molecule has 106 valence electrons. The van der Waals surface area contributed by atoms with Crippen molar-refractivity contribution in [2.24, 2.45) is 5.92 Å². The Morgan fingerprint density at radius 3 is 2.58 bits per heavy atom. The van der Waals surface area contributed by atoms with Crippen LogP contribution < -0.4 is 10.2 Å². The molecule has 0 spiro atoms. The molecule has 1 amide bonds. The number of aliphatic hydroxyl groups is 1. The lowest BCUT2D eigenvalue weighted by Crippen LogP contribution is -2.34. The van der Waals surface area contributed by atoms with Crippen molar-refractivity contribution in [2.75, 3.05) is 25.5 Å². The van der Waals surface area contributed by atoms with Gasteiger partial charge in [0.1, 0.15) is 0 Å². The molecule has 0 aliphatic heterocycles. The molecule has 5 heteroatoms. The summed E-state index contributed by atoms with van der Waals surface area (Å²) in [5.74, 6) is -0.0538. The molecule has 1 rings (SSSR count). The van der Waals surface area contributed by atoms with Gasteiger partial charge in [-0.15, -0.1) is 0 Å². The van der Waals surface area contributed by atoms with E-state index in [1.54, 1.807) is 14.0 Å². The van der Waals surface area contributed by atoms with Gasteiger partial charge in [-0.05, 0) is 40.5 Å². The fraction of sp³-hybridized carbons (Fsp3) is 0.500. The number of benzene rings is 1. The Morgan fingerprint density at radius 1 is 1.47 bits per heavy atom. The van der Waals surface area contributed by atoms with Crippen LogP contribution in [0.25, 0.3) is 0 Å². The molecule has 0 aliphatic carbocycles. The van der Waals surface area contributed by atoms with Gasteiger partial charge in [0.25, 0.3) is 0 Å². The van der Waals surface area contributed by atoms with Gasteiger partial charge >= 0.3 is 0 Å². The molecule has 1 aromatic rings. The van der Waals surface area contributed by atoms with Crippen LogP contribution in [0.2, 0.25) is 0 Å². The van der Waals surface area contributed by atoms with Crippen molar-refractivity contribution in [3.63, 3.8) is 0 Å². The quantitative estimate of drug-likeness (QED) is 0.872. The third-order valence-corrected chi connectivity index (χ3v) is 3.74. The number of rotatable bonds is 5. The van der Waals surface area contributed by atoms with Crippen LogP contribution in [0.15, 0.2) is 22.7 Å². The van der Waals surface area contributed by atoms with Crippen molar-refractivity contribution in [3.8, 4) is 0 Å². The lowest BCUT2D eigenvalue weighted by atomic mass is 10.1. The Bertz CT molecular complexity index is 449. The van der Waals surface area contributed by atoms with E-state index in [1.807, 2.05) is 37.1 Å². The van der Waals surface area contributed by atoms with Crippen LogP contribution in [0.3, 0.4) is 0 Å². The summed E-state index contributed by atoms with van der Waals surface area (Å²) in [7, 11) is 3.59. The number of carbonyl (C=O) groups is 1. The fourth-order valence-electron chi connectivity index (χ4n) is 1.93. The molecule has 4 nitrogen and oxygen atoms in total. The maximum Gasteiger partial charge on any atom is 0.224 e. The van der Waals surface area contributed by atoms with E-state index >= 15 is 0 Å².